The molecule has 10 heteroatoms. The Morgan fingerprint density at radius 1 is 1.27 bits per heavy atom. The Morgan fingerprint density at radius 3 is 2.87 bits per heavy atom. The van der Waals surface area contributed by atoms with Gasteiger partial charge in [0.2, 0.25) is 11.7 Å². The van der Waals surface area contributed by atoms with Crippen molar-refractivity contribution in [2.75, 3.05) is 11.1 Å². The van der Waals surface area contributed by atoms with Crippen LogP contribution in [0, 0.1) is 5.82 Å². The van der Waals surface area contributed by atoms with E-state index < -0.39 is 5.82 Å². The molecule has 0 radical (unpaired) electrons. The van der Waals surface area contributed by atoms with Gasteiger partial charge >= 0.3 is 0 Å². The monoisotopic (exact) mass is 508 g/mol. The molecule has 2 aromatic carbocycles. The van der Waals surface area contributed by atoms with Gasteiger partial charge in [-0.1, -0.05) is 39.3 Å². The number of hydrogen-bond acceptors (Lipinski definition) is 5. The fourth-order valence-electron chi connectivity index (χ4n) is 2.89. The van der Waals surface area contributed by atoms with Crippen LogP contribution in [0.2, 0.25) is 5.02 Å². The fourth-order valence-corrected chi connectivity index (χ4v) is 4.25. The van der Waals surface area contributed by atoms with Gasteiger partial charge in [-0.25, -0.2) is 4.39 Å². The molecule has 0 atom stereocenters. The molecule has 1 N–H and O–H groups in total. The topological polar surface area (TPSA) is 73.0 Å². The number of nitrogens with one attached hydrogen (secondary N) is 1. The number of benzene rings is 2. The number of hydrogen-bond donors (Lipinski definition) is 1. The third-order valence-electron chi connectivity index (χ3n) is 4.27. The molecule has 0 bridgehead atoms. The van der Waals surface area contributed by atoms with Crippen molar-refractivity contribution in [3.05, 3.63) is 57.8 Å². The molecule has 2 aromatic heterocycles. The van der Waals surface area contributed by atoms with Gasteiger partial charge in [0.15, 0.2) is 10.9 Å². The first kappa shape index (κ1) is 20.9. The van der Waals surface area contributed by atoms with Gasteiger partial charge in [0, 0.05) is 22.1 Å². The highest BCUT2D eigenvalue weighted by atomic mass is 79.9. The van der Waals surface area contributed by atoms with E-state index in [1.165, 1.54) is 30.0 Å². The van der Waals surface area contributed by atoms with E-state index in [4.69, 9.17) is 16.0 Å². The molecule has 0 aliphatic rings. The van der Waals surface area contributed by atoms with E-state index in [0.717, 1.165) is 15.4 Å². The highest BCUT2D eigenvalue weighted by molar-refractivity contribution is 9.10. The third-order valence-corrected chi connectivity index (χ3v) is 6.02. The summed E-state index contributed by atoms with van der Waals surface area (Å²) in [6.07, 6.45) is 0. The molecule has 30 heavy (non-hydrogen) atoms. The molecular weight excluding hydrogens is 495 g/mol. The SMILES string of the molecule is CCn1c(SCC(=O)Nc2ccc(F)c(Cl)c2)nnc1-c1cc2cc(Br)ccc2o1. The predicted molar refractivity (Wildman–Crippen MR) is 119 cm³/mol. The van der Waals surface area contributed by atoms with E-state index in [1.54, 1.807) is 0 Å². The number of carbonyl (C=O) groups is 1. The zero-order valence-electron chi connectivity index (χ0n) is 15.7. The number of carbonyl (C=O) groups excluding carboxylic acids is 1. The van der Waals surface area contributed by atoms with Crippen molar-refractivity contribution in [2.24, 2.45) is 0 Å². The summed E-state index contributed by atoms with van der Waals surface area (Å²) in [4.78, 5) is 12.3. The molecule has 154 valence electrons. The van der Waals surface area contributed by atoms with Crippen molar-refractivity contribution in [3.63, 3.8) is 0 Å². The summed E-state index contributed by atoms with van der Waals surface area (Å²) >= 11 is 10.4. The molecule has 4 aromatic rings. The third kappa shape index (κ3) is 4.38. The molecule has 6 nitrogen and oxygen atoms in total. The number of thioether (sulfide) groups is 1. The molecule has 0 fully saturated rings. The van der Waals surface area contributed by atoms with E-state index in [2.05, 4.69) is 31.4 Å². The maximum Gasteiger partial charge on any atom is 0.234 e. The van der Waals surface area contributed by atoms with Crippen molar-refractivity contribution < 1.29 is 13.6 Å². The maximum absolute atomic E-state index is 13.2. The lowest BCUT2D eigenvalue weighted by molar-refractivity contribution is -0.113. The first-order valence-electron chi connectivity index (χ1n) is 8.95. The lowest BCUT2D eigenvalue weighted by Gasteiger charge is -2.07. The summed E-state index contributed by atoms with van der Waals surface area (Å²) in [7, 11) is 0. The molecule has 0 unspecified atom stereocenters. The van der Waals surface area contributed by atoms with Crippen LogP contribution in [0.4, 0.5) is 10.1 Å². The lowest BCUT2D eigenvalue weighted by Crippen LogP contribution is -2.14. The van der Waals surface area contributed by atoms with Crippen LogP contribution >= 0.6 is 39.3 Å². The highest BCUT2D eigenvalue weighted by Gasteiger charge is 2.18. The number of anilines is 1. The Morgan fingerprint density at radius 2 is 2.10 bits per heavy atom. The molecule has 0 saturated heterocycles. The van der Waals surface area contributed by atoms with Crippen LogP contribution in [0.3, 0.4) is 0 Å². The predicted octanol–water partition coefficient (Wildman–Crippen LogP) is 6.00. The minimum atomic E-state index is -0.537. The molecule has 4 rings (SSSR count). The Labute approximate surface area is 188 Å². The number of rotatable bonds is 6. The summed E-state index contributed by atoms with van der Waals surface area (Å²) in [5.41, 5.74) is 1.18. The van der Waals surface area contributed by atoms with Gasteiger partial charge in [-0.05, 0) is 49.4 Å². The van der Waals surface area contributed by atoms with Gasteiger partial charge in [-0.3, -0.25) is 9.36 Å². The largest absolute Gasteiger partial charge is 0.453 e. The normalized spacial score (nSPS) is 11.2. The van der Waals surface area contributed by atoms with Crippen molar-refractivity contribution >= 4 is 61.9 Å². The van der Waals surface area contributed by atoms with Crippen LogP contribution in [0.5, 0.6) is 0 Å². The summed E-state index contributed by atoms with van der Waals surface area (Å²) in [5.74, 6) is 0.516. The second kappa shape index (κ2) is 8.79. The van der Waals surface area contributed by atoms with Crippen LogP contribution in [0.1, 0.15) is 6.92 Å². The molecule has 1 amide bonds. The Balaban J connectivity index is 1.49. The van der Waals surface area contributed by atoms with Crippen LogP contribution in [0.25, 0.3) is 22.6 Å². The van der Waals surface area contributed by atoms with Crippen LogP contribution < -0.4 is 5.32 Å². The zero-order chi connectivity index (χ0) is 21.3. The average molecular weight is 510 g/mol. The van der Waals surface area contributed by atoms with Crippen LogP contribution in [-0.4, -0.2) is 26.4 Å². The summed E-state index contributed by atoms with van der Waals surface area (Å²) in [6.45, 7) is 2.58. The minimum absolute atomic E-state index is 0.0475. The molecular formula is C20H15BrClFN4O2S. The Bertz CT molecular complexity index is 1240. The van der Waals surface area contributed by atoms with E-state index in [1.807, 2.05) is 35.8 Å². The van der Waals surface area contributed by atoms with Crippen molar-refractivity contribution in [1.29, 1.82) is 0 Å². The van der Waals surface area contributed by atoms with E-state index in [9.17, 15) is 9.18 Å². The molecule has 2 heterocycles. The van der Waals surface area contributed by atoms with E-state index in [-0.39, 0.29) is 16.7 Å². The lowest BCUT2D eigenvalue weighted by atomic mass is 10.2. The van der Waals surface area contributed by atoms with Crippen molar-refractivity contribution in [2.45, 2.75) is 18.6 Å². The van der Waals surface area contributed by atoms with Crippen molar-refractivity contribution in [1.82, 2.24) is 14.8 Å². The molecule has 0 spiro atoms. The highest BCUT2D eigenvalue weighted by Crippen LogP contribution is 2.31. The molecule has 0 aliphatic heterocycles. The van der Waals surface area contributed by atoms with Gasteiger partial charge in [-0.2, -0.15) is 0 Å². The summed E-state index contributed by atoms with van der Waals surface area (Å²) in [5, 5.41) is 12.7. The second-order valence-electron chi connectivity index (χ2n) is 6.31. The van der Waals surface area contributed by atoms with Gasteiger partial charge in [0.25, 0.3) is 0 Å². The number of amides is 1. The smallest absolute Gasteiger partial charge is 0.234 e. The molecule has 0 aliphatic carbocycles. The van der Waals surface area contributed by atoms with Gasteiger partial charge in [0.1, 0.15) is 11.4 Å². The van der Waals surface area contributed by atoms with Gasteiger partial charge < -0.3 is 9.73 Å². The number of aromatic nitrogens is 3. The number of halogens is 3. The zero-order valence-corrected chi connectivity index (χ0v) is 18.8. The van der Waals surface area contributed by atoms with Gasteiger partial charge in [-0.15, -0.1) is 10.2 Å². The Hall–Kier alpha value is -2.36. The quantitative estimate of drug-likeness (QED) is 0.323. The maximum atomic E-state index is 13.2. The van der Waals surface area contributed by atoms with Gasteiger partial charge in [0.05, 0.1) is 10.8 Å². The van der Waals surface area contributed by atoms with Crippen molar-refractivity contribution in [3.8, 4) is 11.6 Å². The minimum Gasteiger partial charge on any atom is -0.453 e. The summed E-state index contributed by atoms with van der Waals surface area (Å²) < 4.78 is 22.0. The van der Waals surface area contributed by atoms with E-state index >= 15 is 0 Å². The first-order chi connectivity index (χ1) is 14.4. The standard InChI is InChI=1S/C20H15BrClFN4O2S/c1-2-27-19(17-8-11-7-12(21)3-6-16(11)29-17)25-26-20(27)30-10-18(28)24-13-4-5-15(23)14(22)9-13/h3-9H,2,10H2,1H3,(H,24,28). The van der Waals surface area contributed by atoms with E-state index in [0.29, 0.717) is 29.0 Å². The molecule has 0 saturated carbocycles. The van der Waals surface area contributed by atoms with Crippen LogP contribution in [0.15, 0.2) is 56.5 Å². The first-order valence-corrected chi connectivity index (χ1v) is 11.1. The number of furan rings is 1. The Kier molecular flexibility index (Phi) is 6.12. The fraction of sp³-hybridized carbons (Fsp3) is 0.150. The number of fused-ring (bicyclic) bond motifs is 1. The number of nitrogens with zero attached hydrogens (tertiary/aromatic N) is 3. The summed E-state index contributed by atoms with van der Waals surface area (Å²) in [6, 6.07) is 11.7. The van der Waals surface area contributed by atoms with Crippen LogP contribution in [-0.2, 0) is 11.3 Å². The average Bonchev–Trinajstić information content (AvgIpc) is 3.32. The second-order valence-corrected chi connectivity index (χ2v) is 8.57.